The summed E-state index contributed by atoms with van der Waals surface area (Å²) in [6.07, 6.45) is 7.21. The van der Waals surface area contributed by atoms with Crippen molar-refractivity contribution in [1.82, 2.24) is 10.2 Å². The third-order valence-electron chi connectivity index (χ3n) is 4.49. The molecule has 1 saturated heterocycles. The molecule has 1 saturated carbocycles. The van der Waals surface area contributed by atoms with Gasteiger partial charge in [-0.3, -0.25) is 4.79 Å². The maximum Gasteiger partial charge on any atom is 0.317 e. The normalized spacial score (nSPS) is 22.7. The van der Waals surface area contributed by atoms with Crippen LogP contribution in [0.3, 0.4) is 0 Å². The third-order valence-corrected chi connectivity index (χ3v) is 4.49. The Labute approximate surface area is 114 Å². The number of likely N-dealkylation sites (tertiary alicyclic amines) is 1. The quantitative estimate of drug-likeness (QED) is 0.820. The summed E-state index contributed by atoms with van der Waals surface area (Å²) in [5.74, 6) is -0.580. The van der Waals surface area contributed by atoms with Crippen molar-refractivity contribution in [3.8, 4) is 0 Å². The average molecular weight is 268 g/mol. The average Bonchev–Trinajstić information content (AvgIpc) is 2.34. The maximum atomic E-state index is 12.0. The van der Waals surface area contributed by atoms with Gasteiger partial charge in [0.15, 0.2) is 0 Å². The molecule has 0 aromatic carbocycles. The molecular formula is C14H24N2O3. The van der Waals surface area contributed by atoms with E-state index in [1.807, 2.05) is 0 Å². The van der Waals surface area contributed by atoms with Crippen LogP contribution in [0.1, 0.15) is 45.4 Å². The molecule has 1 unspecified atom stereocenters. The molecule has 2 N–H and O–H groups in total. The number of amides is 2. The van der Waals surface area contributed by atoms with Crippen molar-refractivity contribution in [2.45, 2.75) is 51.5 Å². The van der Waals surface area contributed by atoms with Crippen molar-refractivity contribution in [3.05, 3.63) is 0 Å². The van der Waals surface area contributed by atoms with E-state index in [9.17, 15) is 9.59 Å². The van der Waals surface area contributed by atoms with Crippen LogP contribution in [0.5, 0.6) is 0 Å². The van der Waals surface area contributed by atoms with Crippen LogP contribution in [0.15, 0.2) is 0 Å². The van der Waals surface area contributed by atoms with Crippen LogP contribution in [0.4, 0.5) is 4.79 Å². The molecular weight excluding hydrogens is 244 g/mol. The summed E-state index contributed by atoms with van der Waals surface area (Å²) in [5.41, 5.74) is 0. The van der Waals surface area contributed by atoms with E-state index in [1.165, 1.54) is 32.1 Å². The number of carbonyl (C=O) groups excluding carboxylic acids is 1. The second kappa shape index (κ2) is 6.26. The van der Waals surface area contributed by atoms with Gasteiger partial charge in [0.1, 0.15) is 0 Å². The lowest BCUT2D eigenvalue weighted by molar-refractivity contribution is -0.146. The molecule has 5 heteroatoms. The molecule has 1 aliphatic heterocycles. The van der Waals surface area contributed by atoms with Crippen LogP contribution >= 0.6 is 0 Å². The van der Waals surface area contributed by atoms with Crippen LogP contribution in [0.25, 0.3) is 0 Å². The van der Waals surface area contributed by atoms with Gasteiger partial charge in [0.25, 0.3) is 0 Å². The molecule has 108 valence electrons. The van der Waals surface area contributed by atoms with E-state index < -0.39 is 5.97 Å². The molecule has 2 aliphatic rings. The Hall–Kier alpha value is -1.26. The van der Waals surface area contributed by atoms with E-state index in [0.29, 0.717) is 19.0 Å². The second-order valence-corrected chi connectivity index (χ2v) is 5.80. The van der Waals surface area contributed by atoms with Gasteiger partial charge in [-0.05, 0) is 25.2 Å². The fourth-order valence-corrected chi connectivity index (χ4v) is 3.14. The summed E-state index contributed by atoms with van der Waals surface area (Å²) >= 11 is 0. The van der Waals surface area contributed by atoms with Crippen molar-refractivity contribution in [1.29, 1.82) is 0 Å². The highest BCUT2D eigenvalue weighted by molar-refractivity contribution is 5.79. The van der Waals surface area contributed by atoms with Gasteiger partial charge in [-0.25, -0.2) is 4.79 Å². The molecule has 19 heavy (non-hydrogen) atoms. The molecule has 0 spiro atoms. The predicted octanol–water partition coefficient (Wildman–Crippen LogP) is 2.07. The molecule has 1 atom stereocenters. The van der Waals surface area contributed by atoms with E-state index in [2.05, 4.69) is 12.2 Å². The predicted molar refractivity (Wildman–Crippen MR) is 71.9 cm³/mol. The topological polar surface area (TPSA) is 69.6 Å². The van der Waals surface area contributed by atoms with E-state index >= 15 is 0 Å². The largest absolute Gasteiger partial charge is 0.481 e. The number of nitrogens with zero attached hydrogens (tertiary/aromatic N) is 1. The number of hydrogen-bond acceptors (Lipinski definition) is 2. The number of nitrogens with one attached hydrogen (secondary N) is 1. The van der Waals surface area contributed by atoms with Gasteiger partial charge in [0.2, 0.25) is 0 Å². The van der Waals surface area contributed by atoms with Gasteiger partial charge in [-0.15, -0.1) is 0 Å². The van der Waals surface area contributed by atoms with Crippen LogP contribution in [0, 0.1) is 11.8 Å². The zero-order valence-electron chi connectivity index (χ0n) is 11.6. The highest BCUT2D eigenvalue weighted by Crippen LogP contribution is 2.28. The highest BCUT2D eigenvalue weighted by atomic mass is 16.4. The van der Waals surface area contributed by atoms with Gasteiger partial charge in [-0.1, -0.05) is 26.2 Å². The van der Waals surface area contributed by atoms with Crippen LogP contribution < -0.4 is 5.32 Å². The van der Waals surface area contributed by atoms with Crippen molar-refractivity contribution in [2.75, 3.05) is 13.1 Å². The van der Waals surface area contributed by atoms with Gasteiger partial charge < -0.3 is 15.3 Å². The number of urea groups is 1. The number of rotatable bonds is 4. The van der Waals surface area contributed by atoms with E-state index in [0.717, 1.165) is 6.42 Å². The molecule has 0 aromatic rings. The smallest absolute Gasteiger partial charge is 0.317 e. The van der Waals surface area contributed by atoms with Crippen LogP contribution in [-0.4, -0.2) is 41.1 Å². The lowest BCUT2D eigenvalue weighted by atomic mass is 9.83. The van der Waals surface area contributed by atoms with Gasteiger partial charge in [0.05, 0.1) is 5.92 Å². The zero-order valence-corrected chi connectivity index (χ0v) is 11.6. The molecule has 2 amide bonds. The summed E-state index contributed by atoms with van der Waals surface area (Å²) in [6, 6.07) is 0.159. The third kappa shape index (κ3) is 3.39. The van der Waals surface area contributed by atoms with Crippen LogP contribution in [0.2, 0.25) is 0 Å². The van der Waals surface area contributed by atoms with Crippen molar-refractivity contribution >= 4 is 12.0 Å². The molecule has 2 fully saturated rings. The van der Waals surface area contributed by atoms with Gasteiger partial charge in [0, 0.05) is 19.1 Å². The highest BCUT2D eigenvalue weighted by Gasteiger charge is 2.36. The number of aliphatic carboxylic acids is 1. The first-order chi connectivity index (χ1) is 9.11. The molecule has 2 rings (SSSR count). The summed E-state index contributed by atoms with van der Waals surface area (Å²) in [6.45, 7) is 2.81. The zero-order chi connectivity index (χ0) is 13.8. The Morgan fingerprint density at radius 1 is 1.26 bits per heavy atom. The molecule has 1 heterocycles. The fourth-order valence-electron chi connectivity index (χ4n) is 3.14. The lowest BCUT2D eigenvalue weighted by Gasteiger charge is -2.39. The van der Waals surface area contributed by atoms with Gasteiger partial charge in [-0.2, -0.15) is 0 Å². The van der Waals surface area contributed by atoms with Crippen molar-refractivity contribution < 1.29 is 14.7 Å². The Balaban J connectivity index is 1.78. The number of hydrogen-bond donors (Lipinski definition) is 2. The Morgan fingerprint density at radius 3 is 2.42 bits per heavy atom. The molecule has 0 radical (unpaired) electrons. The molecule has 1 aliphatic carbocycles. The summed E-state index contributed by atoms with van der Waals surface area (Å²) in [5, 5.41) is 11.9. The Morgan fingerprint density at radius 2 is 1.89 bits per heavy atom. The molecule has 0 aromatic heterocycles. The first-order valence-corrected chi connectivity index (χ1v) is 7.40. The molecule has 0 bridgehead atoms. The van der Waals surface area contributed by atoms with Crippen molar-refractivity contribution in [3.63, 3.8) is 0 Å². The Bertz CT molecular complexity index is 334. The van der Waals surface area contributed by atoms with Gasteiger partial charge >= 0.3 is 12.0 Å². The summed E-state index contributed by atoms with van der Waals surface area (Å²) in [7, 11) is 0. The first-order valence-electron chi connectivity index (χ1n) is 7.40. The second-order valence-electron chi connectivity index (χ2n) is 5.80. The summed E-state index contributed by atoms with van der Waals surface area (Å²) in [4.78, 5) is 24.3. The standard InChI is InChI=1S/C14H24N2O3/c1-2-12(10-6-4-3-5-7-10)15-14(19)16-8-11(9-16)13(17)18/h10-12H,2-9H2,1H3,(H,15,19)(H,17,18). The minimum Gasteiger partial charge on any atom is -0.481 e. The number of carboxylic acids is 1. The fraction of sp³-hybridized carbons (Fsp3) is 0.857. The van der Waals surface area contributed by atoms with E-state index in [-0.39, 0.29) is 18.0 Å². The van der Waals surface area contributed by atoms with E-state index in [4.69, 9.17) is 5.11 Å². The summed E-state index contributed by atoms with van der Waals surface area (Å²) < 4.78 is 0. The van der Waals surface area contributed by atoms with E-state index in [1.54, 1.807) is 4.90 Å². The first kappa shape index (κ1) is 14.2. The van der Waals surface area contributed by atoms with Crippen LogP contribution in [-0.2, 0) is 4.79 Å². The SMILES string of the molecule is CCC(NC(=O)N1CC(C(=O)O)C1)C1CCCCC1. The lowest BCUT2D eigenvalue weighted by Crippen LogP contribution is -2.58. The monoisotopic (exact) mass is 268 g/mol. The molecule has 5 nitrogen and oxygen atoms in total. The Kier molecular flexibility index (Phi) is 4.66. The number of carboxylic acid groups (broad SMARTS) is 1. The minimum absolute atomic E-state index is 0.0880. The minimum atomic E-state index is -0.802. The van der Waals surface area contributed by atoms with Crippen molar-refractivity contribution in [2.24, 2.45) is 11.8 Å². The number of carbonyl (C=O) groups is 2. The maximum absolute atomic E-state index is 12.0.